The molecule has 70 valence electrons. The van der Waals surface area contributed by atoms with E-state index in [1.54, 1.807) is 0 Å². The maximum absolute atomic E-state index is 3.83. The van der Waals surface area contributed by atoms with Gasteiger partial charge in [-0.2, -0.15) is 0 Å². The van der Waals surface area contributed by atoms with Crippen molar-refractivity contribution in [3.63, 3.8) is 0 Å². The van der Waals surface area contributed by atoms with E-state index < -0.39 is 0 Å². The third-order valence-corrected chi connectivity index (χ3v) is 3.85. The minimum Gasteiger partial charge on any atom is -0.381 e. The third-order valence-electron chi connectivity index (χ3n) is 1.51. The van der Waals surface area contributed by atoms with Crippen LogP contribution < -0.4 is 5.32 Å². The van der Waals surface area contributed by atoms with Gasteiger partial charge >= 0.3 is 0 Å². The molecular formula is C10H11BrIN. The van der Waals surface area contributed by atoms with Crippen LogP contribution in [-0.4, -0.2) is 6.54 Å². The average Bonchev–Trinajstić information content (AvgIpc) is 2.07. The fourth-order valence-corrected chi connectivity index (χ4v) is 1.57. The molecule has 0 bridgehead atoms. The lowest BCUT2D eigenvalue weighted by molar-refractivity contribution is 1.21. The maximum atomic E-state index is 3.83. The molecule has 1 rings (SSSR count). The summed E-state index contributed by atoms with van der Waals surface area (Å²) in [5, 5.41) is 3.28. The van der Waals surface area contributed by atoms with Crippen molar-refractivity contribution < 1.29 is 0 Å². The summed E-state index contributed by atoms with van der Waals surface area (Å²) >= 11 is 5.77. The van der Waals surface area contributed by atoms with E-state index in [2.05, 4.69) is 68.6 Å². The van der Waals surface area contributed by atoms with Gasteiger partial charge in [-0.25, -0.2) is 0 Å². The number of hydrogen-bond donors (Lipinski definition) is 1. The Morgan fingerprint density at radius 3 is 2.85 bits per heavy atom. The van der Waals surface area contributed by atoms with Gasteiger partial charge in [-0.3, -0.25) is 0 Å². The van der Waals surface area contributed by atoms with Gasteiger partial charge in [-0.15, -0.1) is 0 Å². The predicted octanol–water partition coefficient (Wildman–Crippen LogP) is 4.04. The van der Waals surface area contributed by atoms with Crippen molar-refractivity contribution in [2.24, 2.45) is 0 Å². The second kappa shape index (κ2) is 5.00. The number of benzene rings is 1. The molecule has 0 radical (unpaired) electrons. The predicted molar refractivity (Wildman–Crippen MR) is 70.2 cm³/mol. The minimum absolute atomic E-state index is 0.826. The lowest BCUT2D eigenvalue weighted by Crippen LogP contribution is -2.01. The van der Waals surface area contributed by atoms with Crippen LogP contribution in [0.3, 0.4) is 0 Å². The van der Waals surface area contributed by atoms with Gasteiger partial charge in [-0.05, 0) is 63.6 Å². The first kappa shape index (κ1) is 11.0. The lowest BCUT2D eigenvalue weighted by atomic mass is 10.3. The number of rotatable bonds is 3. The highest BCUT2D eigenvalue weighted by atomic mass is 127. The quantitative estimate of drug-likeness (QED) is 0.640. The van der Waals surface area contributed by atoms with Crippen LogP contribution in [0.15, 0.2) is 34.8 Å². The number of halogens is 2. The molecule has 0 spiro atoms. The summed E-state index contributed by atoms with van der Waals surface area (Å²) in [6.07, 6.45) is 0. The summed E-state index contributed by atoms with van der Waals surface area (Å²) in [4.78, 5) is 0. The highest BCUT2D eigenvalue weighted by Gasteiger charge is 1.97. The third kappa shape index (κ3) is 3.68. The Hall–Kier alpha value is -0.0300. The zero-order valence-corrected chi connectivity index (χ0v) is 11.1. The van der Waals surface area contributed by atoms with E-state index in [1.807, 2.05) is 6.92 Å². The molecule has 0 saturated heterocycles. The van der Waals surface area contributed by atoms with E-state index in [1.165, 1.54) is 3.57 Å². The van der Waals surface area contributed by atoms with E-state index >= 15 is 0 Å². The fourth-order valence-electron chi connectivity index (χ4n) is 0.859. The molecule has 1 nitrogen and oxygen atoms in total. The molecule has 0 atom stereocenters. The van der Waals surface area contributed by atoms with Gasteiger partial charge in [-0.1, -0.05) is 12.2 Å². The van der Waals surface area contributed by atoms with Crippen molar-refractivity contribution in [2.75, 3.05) is 11.9 Å². The SMILES string of the molecule is C=C(C)CNc1ccc(I)c(Br)c1. The Labute approximate surface area is 101 Å². The van der Waals surface area contributed by atoms with Crippen LogP contribution in [0, 0.1) is 3.57 Å². The number of nitrogens with one attached hydrogen (secondary N) is 1. The van der Waals surface area contributed by atoms with Crippen molar-refractivity contribution in [1.29, 1.82) is 0 Å². The van der Waals surface area contributed by atoms with E-state index in [9.17, 15) is 0 Å². The Balaban J connectivity index is 2.68. The number of hydrogen-bond acceptors (Lipinski definition) is 1. The van der Waals surface area contributed by atoms with E-state index in [4.69, 9.17) is 0 Å². The molecule has 0 aliphatic carbocycles. The van der Waals surface area contributed by atoms with Crippen LogP contribution in [0.1, 0.15) is 6.92 Å². The van der Waals surface area contributed by atoms with Crippen LogP contribution >= 0.6 is 38.5 Å². The van der Waals surface area contributed by atoms with E-state index in [0.29, 0.717) is 0 Å². The van der Waals surface area contributed by atoms with Gasteiger partial charge in [0.25, 0.3) is 0 Å². The first-order chi connectivity index (χ1) is 6.09. The molecule has 0 aliphatic rings. The van der Waals surface area contributed by atoms with Crippen molar-refractivity contribution in [3.05, 3.63) is 38.4 Å². The molecule has 1 aromatic carbocycles. The molecular weight excluding hydrogens is 341 g/mol. The van der Waals surface area contributed by atoms with Crippen molar-refractivity contribution in [1.82, 2.24) is 0 Å². The second-order valence-electron chi connectivity index (χ2n) is 2.94. The second-order valence-corrected chi connectivity index (χ2v) is 4.96. The minimum atomic E-state index is 0.826. The summed E-state index contributed by atoms with van der Waals surface area (Å²) < 4.78 is 2.35. The molecule has 0 fully saturated rings. The maximum Gasteiger partial charge on any atom is 0.0354 e. The lowest BCUT2D eigenvalue weighted by Gasteiger charge is -2.06. The Morgan fingerprint density at radius 1 is 1.62 bits per heavy atom. The summed E-state index contributed by atoms with van der Waals surface area (Å²) in [6, 6.07) is 6.21. The molecule has 0 unspecified atom stereocenters. The Bertz CT molecular complexity index is 323. The summed E-state index contributed by atoms with van der Waals surface area (Å²) in [5.41, 5.74) is 2.25. The highest BCUT2D eigenvalue weighted by molar-refractivity contribution is 14.1. The number of anilines is 1. The first-order valence-electron chi connectivity index (χ1n) is 3.93. The summed E-state index contributed by atoms with van der Waals surface area (Å²) in [5.74, 6) is 0. The highest BCUT2D eigenvalue weighted by Crippen LogP contribution is 2.22. The van der Waals surface area contributed by atoms with Crippen molar-refractivity contribution in [2.45, 2.75) is 6.92 Å². The Morgan fingerprint density at radius 2 is 2.31 bits per heavy atom. The monoisotopic (exact) mass is 351 g/mol. The Kier molecular flexibility index (Phi) is 4.25. The molecule has 0 aliphatic heterocycles. The molecule has 1 aromatic rings. The zero-order chi connectivity index (χ0) is 9.84. The largest absolute Gasteiger partial charge is 0.381 e. The molecule has 0 amide bonds. The van der Waals surface area contributed by atoms with Crippen LogP contribution in [0.4, 0.5) is 5.69 Å². The van der Waals surface area contributed by atoms with Gasteiger partial charge in [0.2, 0.25) is 0 Å². The van der Waals surface area contributed by atoms with Gasteiger partial charge in [0, 0.05) is 20.3 Å². The van der Waals surface area contributed by atoms with Crippen LogP contribution in [0.25, 0.3) is 0 Å². The van der Waals surface area contributed by atoms with E-state index in [0.717, 1.165) is 22.3 Å². The average molecular weight is 352 g/mol. The van der Waals surface area contributed by atoms with Gasteiger partial charge in [0.1, 0.15) is 0 Å². The standard InChI is InChI=1S/C10H11BrIN/c1-7(2)6-13-8-3-4-10(12)9(11)5-8/h3-5,13H,1,6H2,2H3. The van der Waals surface area contributed by atoms with Gasteiger partial charge < -0.3 is 5.32 Å². The van der Waals surface area contributed by atoms with Crippen LogP contribution in [-0.2, 0) is 0 Å². The van der Waals surface area contributed by atoms with Crippen molar-refractivity contribution in [3.8, 4) is 0 Å². The normalized spacial score (nSPS) is 9.77. The van der Waals surface area contributed by atoms with Crippen LogP contribution in [0.5, 0.6) is 0 Å². The summed E-state index contributed by atoms with van der Waals surface area (Å²) in [6.45, 7) is 6.67. The molecule has 0 aromatic heterocycles. The van der Waals surface area contributed by atoms with Gasteiger partial charge in [0.15, 0.2) is 0 Å². The molecule has 3 heteroatoms. The smallest absolute Gasteiger partial charge is 0.0354 e. The zero-order valence-electron chi connectivity index (χ0n) is 7.40. The van der Waals surface area contributed by atoms with Gasteiger partial charge in [0.05, 0.1) is 0 Å². The fraction of sp³-hybridized carbons (Fsp3) is 0.200. The topological polar surface area (TPSA) is 12.0 Å². The van der Waals surface area contributed by atoms with Crippen molar-refractivity contribution >= 4 is 44.2 Å². The molecule has 13 heavy (non-hydrogen) atoms. The first-order valence-corrected chi connectivity index (χ1v) is 5.80. The summed E-state index contributed by atoms with van der Waals surface area (Å²) in [7, 11) is 0. The van der Waals surface area contributed by atoms with E-state index in [-0.39, 0.29) is 0 Å². The van der Waals surface area contributed by atoms with Crippen LogP contribution in [0.2, 0.25) is 0 Å². The molecule has 1 N–H and O–H groups in total. The molecule has 0 saturated carbocycles. The molecule has 0 heterocycles.